The Balaban J connectivity index is 1.39. The van der Waals surface area contributed by atoms with Crippen LogP contribution in [0.4, 0.5) is 0 Å². The molecule has 28 heavy (non-hydrogen) atoms. The van der Waals surface area contributed by atoms with Gasteiger partial charge in [-0.2, -0.15) is 4.98 Å². The van der Waals surface area contributed by atoms with Crippen molar-refractivity contribution in [3.05, 3.63) is 77.7 Å². The van der Waals surface area contributed by atoms with Crippen LogP contribution in [0.1, 0.15) is 5.56 Å². The first-order chi connectivity index (χ1) is 13.7. The van der Waals surface area contributed by atoms with Crippen molar-refractivity contribution in [2.45, 2.75) is 13.1 Å². The second-order valence-corrected chi connectivity index (χ2v) is 6.50. The van der Waals surface area contributed by atoms with Crippen LogP contribution in [0, 0.1) is 0 Å². The number of halogens is 1. The lowest BCUT2D eigenvalue weighted by atomic mass is 10.2. The van der Waals surface area contributed by atoms with Gasteiger partial charge in [-0.25, -0.2) is 4.98 Å². The highest BCUT2D eigenvalue weighted by molar-refractivity contribution is 6.31. The Morgan fingerprint density at radius 1 is 1.11 bits per heavy atom. The summed E-state index contributed by atoms with van der Waals surface area (Å²) in [6.45, 7) is 0.492. The van der Waals surface area contributed by atoms with E-state index in [2.05, 4.69) is 20.4 Å². The van der Waals surface area contributed by atoms with Crippen molar-refractivity contribution in [2.75, 3.05) is 0 Å². The molecule has 1 amide bonds. The molecule has 0 radical (unpaired) electrons. The Hall–Kier alpha value is -3.45. The predicted molar refractivity (Wildman–Crippen MR) is 104 cm³/mol. The fourth-order valence-corrected chi connectivity index (χ4v) is 2.85. The standard InChI is InChI=1S/C20H16ClN5O2/c21-16-9-5-4-8-15(16)10-22-18(27)12-26-11-17(23-13-26)19-24-20(28-25-19)14-6-2-1-3-7-14/h1-9,11,13H,10,12H2,(H,22,27). The molecule has 2 aromatic heterocycles. The zero-order valence-electron chi connectivity index (χ0n) is 14.7. The molecule has 0 fully saturated rings. The summed E-state index contributed by atoms with van der Waals surface area (Å²) in [5.74, 6) is 0.638. The second kappa shape index (κ2) is 8.06. The van der Waals surface area contributed by atoms with Crippen LogP contribution in [0.2, 0.25) is 5.02 Å². The molecule has 0 aliphatic heterocycles. The zero-order valence-corrected chi connectivity index (χ0v) is 15.5. The molecule has 2 heterocycles. The topological polar surface area (TPSA) is 85.8 Å². The third-order valence-electron chi connectivity index (χ3n) is 4.07. The minimum Gasteiger partial charge on any atom is -0.350 e. The van der Waals surface area contributed by atoms with Gasteiger partial charge < -0.3 is 14.4 Å². The van der Waals surface area contributed by atoms with Crippen LogP contribution in [0.3, 0.4) is 0 Å². The van der Waals surface area contributed by atoms with Crippen LogP contribution in [0.25, 0.3) is 23.0 Å². The lowest BCUT2D eigenvalue weighted by molar-refractivity contribution is -0.121. The van der Waals surface area contributed by atoms with E-state index in [-0.39, 0.29) is 12.5 Å². The normalized spacial score (nSPS) is 10.8. The van der Waals surface area contributed by atoms with Crippen molar-refractivity contribution in [2.24, 2.45) is 0 Å². The lowest BCUT2D eigenvalue weighted by Gasteiger charge is -2.07. The second-order valence-electron chi connectivity index (χ2n) is 6.09. The van der Waals surface area contributed by atoms with Crippen molar-refractivity contribution in [3.8, 4) is 23.0 Å². The molecule has 0 saturated carbocycles. The van der Waals surface area contributed by atoms with Crippen LogP contribution < -0.4 is 5.32 Å². The molecule has 7 nitrogen and oxygen atoms in total. The first-order valence-electron chi connectivity index (χ1n) is 8.60. The number of benzene rings is 2. The van der Waals surface area contributed by atoms with E-state index < -0.39 is 0 Å². The monoisotopic (exact) mass is 393 g/mol. The average Bonchev–Trinajstić information content (AvgIpc) is 3.38. The molecular weight excluding hydrogens is 378 g/mol. The molecule has 0 unspecified atom stereocenters. The van der Waals surface area contributed by atoms with Gasteiger partial charge in [0, 0.05) is 23.3 Å². The molecule has 0 atom stereocenters. The summed E-state index contributed by atoms with van der Waals surface area (Å²) in [7, 11) is 0. The Kier molecular flexibility index (Phi) is 5.16. The fraction of sp³-hybridized carbons (Fsp3) is 0.100. The Bertz CT molecular complexity index is 1090. The number of rotatable bonds is 6. The van der Waals surface area contributed by atoms with E-state index in [1.54, 1.807) is 23.2 Å². The highest BCUT2D eigenvalue weighted by Gasteiger charge is 2.13. The van der Waals surface area contributed by atoms with Gasteiger partial charge in [-0.3, -0.25) is 4.79 Å². The molecule has 4 aromatic rings. The number of hydrogen-bond donors (Lipinski definition) is 1. The molecule has 140 valence electrons. The van der Waals surface area contributed by atoms with E-state index in [1.807, 2.05) is 48.5 Å². The molecule has 1 N–H and O–H groups in total. The van der Waals surface area contributed by atoms with Gasteiger partial charge >= 0.3 is 0 Å². The van der Waals surface area contributed by atoms with Crippen molar-refractivity contribution < 1.29 is 9.32 Å². The Morgan fingerprint density at radius 3 is 2.71 bits per heavy atom. The maximum atomic E-state index is 12.2. The van der Waals surface area contributed by atoms with E-state index in [0.29, 0.717) is 29.0 Å². The molecule has 2 aromatic carbocycles. The van der Waals surface area contributed by atoms with Crippen LogP contribution >= 0.6 is 11.6 Å². The number of amides is 1. The largest absolute Gasteiger partial charge is 0.350 e. The Morgan fingerprint density at radius 2 is 1.89 bits per heavy atom. The zero-order chi connectivity index (χ0) is 19.3. The lowest BCUT2D eigenvalue weighted by Crippen LogP contribution is -2.26. The molecular formula is C20H16ClN5O2. The summed E-state index contributed by atoms with van der Waals surface area (Å²) in [4.78, 5) is 20.8. The van der Waals surface area contributed by atoms with Gasteiger partial charge in [0.1, 0.15) is 12.2 Å². The molecule has 4 rings (SSSR count). The van der Waals surface area contributed by atoms with Crippen molar-refractivity contribution >= 4 is 17.5 Å². The smallest absolute Gasteiger partial charge is 0.258 e. The number of carbonyl (C=O) groups excluding carboxylic acids is 1. The number of carbonyl (C=O) groups is 1. The molecule has 0 aliphatic carbocycles. The first kappa shape index (κ1) is 17.9. The first-order valence-corrected chi connectivity index (χ1v) is 8.98. The number of nitrogens with one attached hydrogen (secondary N) is 1. The molecule has 0 saturated heterocycles. The van der Waals surface area contributed by atoms with Crippen LogP contribution in [0.15, 0.2) is 71.6 Å². The van der Waals surface area contributed by atoms with Gasteiger partial charge in [0.15, 0.2) is 0 Å². The summed E-state index contributed by atoms with van der Waals surface area (Å²) < 4.78 is 6.95. The maximum absolute atomic E-state index is 12.2. The van der Waals surface area contributed by atoms with Gasteiger partial charge in [-0.1, -0.05) is 53.2 Å². The summed E-state index contributed by atoms with van der Waals surface area (Å²) in [5.41, 5.74) is 2.23. The van der Waals surface area contributed by atoms with E-state index in [1.165, 1.54) is 0 Å². The summed E-state index contributed by atoms with van der Waals surface area (Å²) in [5, 5.41) is 7.43. The molecule has 0 spiro atoms. The number of hydrogen-bond acceptors (Lipinski definition) is 5. The maximum Gasteiger partial charge on any atom is 0.258 e. The van der Waals surface area contributed by atoms with Gasteiger partial charge in [-0.05, 0) is 23.8 Å². The van der Waals surface area contributed by atoms with E-state index in [0.717, 1.165) is 11.1 Å². The molecule has 0 aliphatic rings. The third kappa shape index (κ3) is 4.10. The molecule has 0 bridgehead atoms. The molecule has 8 heteroatoms. The summed E-state index contributed by atoms with van der Waals surface area (Å²) >= 11 is 6.10. The van der Waals surface area contributed by atoms with Crippen LogP contribution in [-0.2, 0) is 17.9 Å². The van der Waals surface area contributed by atoms with E-state index in [4.69, 9.17) is 16.1 Å². The number of imidazole rings is 1. The third-order valence-corrected chi connectivity index (χ3v) is 4.44. The predicted octanol–water partition coefficient (Wildman–Crippen LogP) is 3.57. The van der Waals surface area contributed by atoms with Gasteiger partial charge in [-0.15, -0.1) is 0 Å². The van der Waals surface area contributed by atoms with E-state index >= 15 is 0 Å². The van der Waals surface area contributed by atoms with Crippen molar-refractivity contribution in [3.63, 3.8) is 0 Å². The van der Waals surface area contributed by atoms with Crippen molar-refractivity contribution in [1.29, 1.82) is 0 Å². The van der Waals surface area contributed by atoms with Crippen molar-refractivity contribution in [1.82, 2.24) is 25.0 Å². The highest BCUT2D eigenvalue weighted by Crippen LogP contribution is 2.20. The minimum absolute atomic E-state index is 0.126. The van der Waals surface area contributed by atoms with Gasteiger partial charge in [0.2, 0.25) is 11.7 Å². The SMILES string of the molecule is O=C(Cn1cnc(-c2noc(-c3ccccc3)n2)c1)NCc1ccccc1Cl. The number of nitrogens with zero attached hydrogens (tertiary/aromatic N) is 4. The quantitative estimate of drug-likeness (QED) is 0.541. The number of aromatic nitrogens is 4. The van der Waals surface area contributed by atoms with E-state index in [9.17, 15) is 4.79 Å². The summed E-state index contributed by atoms with van der Waals surface area (Å²) in [6.07, 6.45) is 3.26. The average molecular weight is 394 g/mol. The summed E-state index contributed by atoms with van der Waals surface area (Å²) in [6, 6.07) is 16.9. The Labute approximate surface area is 166 Å². The van der Waals surface area contributed by atoms with Crippen LogP contribution in [-0.4, -0.2) is 25.6 Å². The van der Waals surface area contributed by atoms with Gasteiger partial charge in [0.25, 0.3) is 5.89 Å². The van der Waals surface area contributed by atoms with Crippen LogP contribution in [0.5, 0.6) is 0 Å². The highest BCUT2D eigenvalue weighted by atomic mass is 35.5. The minimum atomic E-state index is -0.151. The van der Waals surface area contributed by atoms with Gasteiger partial charge in [0.05, 0.1) is 6.33 Å². The fourth-order valence-electron chi connectivity index (χ4n) is 2.64.